The Balaban J connectivity index is 2.52. The van der Waals surface area contributed by atoms with Gasteiger partial charge < -0.3 is 15.2 Å². The number of rotatable bonds is 3. The van der Waals surface area contributed by atoms with Gasteiger partial charge in [-0.1, -0.05) is 11.6 Å². The molecule has 0 spiro atoms. The van der Waals surface area contributed by atoms with Gasteiger partial charge >= 0.3 is 0 Å². The van der Waals surface area contributed by atoms with Gasteiger partial charge in [0.05, 0.1) is 17.5 Å². The minimum atomic E-state index is -0.783. The Kier molecular flexibility index (Phi) is 3.61. The molecule has 0 radical (unpaired) electrons. The van der Waals surface area contributed by atoms with Crippen LogP contribution in [-0.2, 0) is 9.53 Å². The van der Waals surface area contributed by atoms with E-state index >= 15 is 0 Å². The maximum atomic E-state index is 11.7. The predicted octanol–water partition coefficient (Wildman–Crippen LogP) is 2.38. The van der Waals surface area contributed by atoms with Crippen molar-refractivity contribution in [3.8, 4) is 0 Å². The smallest absolute Gasteiger partial charge is 0.231 e. The highest BCUT2D eigenvalue weighted by atomic mass is 35.5. The maximum Gasteiger partial charge on any atom is 0.231 e. The molecule has 2 unspecified atom stereocenters. The standard InChI is InChI=1S/C13H16ClNO3/c1-6-8-4-9(10(16)5-18-3)11(14)7(2)12(8)15-13(6)17/h4,6,10,16H,5H2,1-3H3,(H,15,17). The second-order valence-corrected chi connectivity index (χ2v) is 4.93. The van der Waals surface area contributed by atoms with E-state index in [9.17, 15) is 9.90 Å². The lowest BCUT2D eigenvalue weighted by atomic mass is 9.95. The van der Waals surface area contributed by atoms with Crippen molar-refractivity contribution in [2.75, 3.05) is 19.0 Å². The average molecular weight is 270 g/mol. The maximum absolute atomic E-state index is 11.7. The van der Waals surface area contributed by atoms with Crippen LogP contribution in [0.2, 0.25) is 5.02 Å². The van der Waals surface area contributed by atoms with Crippen LogP contribution in [0.3, 0.4) is 0 Å². The minimum absolute atomic E-state index is 0.0393. The van der Waals surface area contributed by atoms with E-state index in [2.05, 4.69) is 5.32 Å². The average Bonchev–Trinajstić information content (AvgIpc) is 2.61. The molecule has 0 saturated carbocycles. The summed E-state index contributed by atoms with van der Waals surface area (Å²) in [5.41, 5.74) is 3.05. The van der Waals surface area contributed by atoms with Crippen LogP contribution < -0.4 is 5.32 Å². The topological polar surface area (TPSA) is 58.6 Å². The summed E-state index contributed by atoms with van der Waals surface area (Å²) in [6, 6.07) is 1.79. The van der Waals surface area contributed by atoms with E-state index in [-0.39, 0.29) is 18.4 Å². The first-order valence-electron chi connectivity index (χ1n) is 5.78. The molecular weight excluding hydrogens is 254 g/mol. The quantitative estimate of drug-likeness (QED) is 0.886. The summed E-state index contributed by atoms with van der Waals surface area (Å²) < 4.78 is 4.93. The van der Waals surface area contributed by atoms with Crippen LogP contribution in [0.1, 0.15) is 35.6 Å². The van der Waals surface area contributed by atoms with Gasteiger partial charge in [0.25, 0.3) is 0 Å². The van der Waals surface area contributed by atoms with E-state index in [0.29, 0.717) is 10.6 Å². The number of carbonyl (C=O) groups excluding carboxylic acids is 1. The van der Waals surface area contributed by atoms with Gasteiger partial charge in [-0.2, -0.15) is 0 Å². The Labute approximate surface area is 111 Å². The Bertz CT molecular complexity index is 501. The van der Waals surface area contributed by atoms with Crippen molar-refractivity contribution in [1.82, 2.24) is 0 Å². The SMILES string of the molecule is COCC(O)c1cc2c(c(C)c1Cl)NC(=O)C2C. The lowest BCUT2D eigenvalue weighted by Crippen LogP contribution is -2.08. The largest absolute Gasteiger partial charge is 0.386 e. The van der Waals surface area contributed by atoms with Crippen LogP contribution in [0.5, 0.6) is 0 Å². The molecule has 0 aromatic heterocycles. The first-order chi connectivity index (χ1) is 8.47. The van der Waals surface area contributed by atoms with E-state index in [1.807, 2.05) is 13.8 Å². The first kappa shape index (κ1) is 13.3. The van der Waals surface area contributed by atoms with E-state index < -0.39 is 6.10 Å². The zero-order valence-electron chi connectivity index (χ0n) is 10.6. The number of methoxy groups -OCH3 is 1. The van der Waals surface area contributed by atoms with Gasteiger partial charge in [0.15, 0.2) is 0 Å². The zero-order valence-corrected chi connectivity index (χ0v) is 11.3. The number of hydrogen-bond donors (Lipinski definition) is 2. The molecule has 0 bridgehead atoms. The Morgan fingerprint density at radius 2 is 2.28 bits per heavy atom. The number of aliphatic hydroxyl groups is 1. The van der Waals surface area contributed by atoms with Gasteiger partial charge in [0.1, 0.15) is 6.10 Å². The molecule has 98 valence electrons. The summed E-state index contributed by atoms with van der Waals surface area (Å²) in [7, 11) is 1.52. The number of nitrogens with one attached hydrogen (secondary N) is 1. The molecule has 0 aliphatic carbocycles. The first-order valence-corrected chi connectivity index (χ1v) is 6.16. The number of aliphatic hydroxyl groups excluding tert-OH is 1. The van der Waals surface area contributed by atoms with Crippen LogP contribution in [0.25, 0.3) is 0 Å². The number of amides is 1. The molecule has 1 aliphatic rings. The zero-order chi connectivity index (χ0) is 13.4. The molecule has 18 heavy (non-hydrogen) atoms. The number of halogens is 1. The van der Waals surface area contributed by atoms with Gasteiger partial charge in [0, 0.05) is 18.4 Å². The Hall–Kier alpha value is -1.10. The summed E-state index contributed by atoms with van der Waals surface area (Å²) in [4.78, 5) is 11.7. The molecule has 5 heteroatoms. The molecular formula is C13H16ClNO3. The van der Waals surface area contributed by atoms with Crippen molar-refractivity contribution >= 4 is 23.2 Å². The third-order valence-corrected chi connectivity index (χ3v) is 3.85. The summed E-state index contributed by atoms with van der Waals surface area (Å²) >= 11 is 6.24. The van der Waals surface area contributed by atoms with Crippen LogP contribution in [0.15, 0.2) is 6.07 Å². The second kappa shape index (κ2) is 4.88. The summed E-state index contributed by atoms with van der Waals surface area (Å²) in [5.74, 6) is -0.257. The molecule has 2 N–H and O–H groups in total. The molecule has 1 amide bonds. The van der Waals surface area contributed by atoms with Gasteiger partial charge in [-0.15, -0.1) is 0 Å². The second-order valence-electron chi connectivity index (χ2n) is 4.55. The number of hydrogen-bond acceptors (Lipinski definition) is 3. The lowest BCUT2D eigenvalue weighted by molar-refractivity contribution is -0.116. The number of benzene rings is 1. The summed E-state index contributed by atoms with van der Waals surface area (Å²) in [6.45, 7) is 3.84. The van der Waals surface area contributed by atoms with E-state index in [1.165, 1.54) is 7.11 Å². The van der Waals surface area contributed by atoms with E-state index in [0.717, 1.165) is 16.8 Å². The molecule has 1 aliphatic heterocycles. The fourth-order valence-corrected chi connectivity index (χ4v) is 2.49. The molecule has 2 atom stereocenters. The highest BCUT2D eigenvalue weighted by molar-refractivity contribution is 6.33. The van der Waals surface area contributed by atoms with Crippen molar-refractivity contribution in [2.24, 2.45) is 0 Å². The van der Waals surface area contributed by atoms with E-state index in [4.69, 9.17) is 16.3 Å². The number of carbonyl (C=O) groups is 1. The molecule has 4 nitrogen and oxygen atoms in total. The minimum Gasteiger partial charge on any atom is -0.386 e. The van der Waals surface area contributed by atoms with Gasteiger partial charge in [-0.25, -0.2) is 0 Å². The molecule has 1 aromatic carbocycles. The third kappa shape index (κ3) is 2.00. The number of anilines is 1. The Morgan fingerprint density at radius 1 is 1.61 bits per heavy atom. The number of fused-ring (bicyclic) bond motifs is 1. The van der Waals surface area contributed by atoms with E-state index in [1.54, 1.807) is 6.07 Å². The molecule has 1 heterocycles. The third-order valence-electron chi connectivity index (χ3n) is 3.35. The van der Waals surface area contributed by atoms with Crippen LogP contribution >= 0.6 is 11.6 Å². The predicted molar refractivity (Wildman–Crippen MR) is 70.1 cm³/mol. The van der Waals surface area contributed by atoms with Crippen molar-refractivity contribution < 1.29 is 14.6 Å². The van der Waals surface area contributed by atoms with Crippen LogP contribution in [-0.4, -0.2) is 24.7 Å². The Morgan fingerprint density at radius 3 is 2.89 bits per heavy atom. The number of ether oxygens (including phenoxy) is 1. The van der Waals surface area contributed by atoms with Gasteiger partial charge in [-0.05, 0) is 31.0 Å². The van der Waals surface area contributed by atoms with Crippen molar-refractivity contribution in [2.45, 2.75) is 25.9 Å². The molecule has 0 saturated heterocycles. The highest BCUT2D eigenvalue weighted by Gasteiger charge is 2.30. The molecule has 2 rings (SSSR count). The van der Waals surface area contributed by atoms with Crippen molar-refractivity contribution in [1.29, 1.82) is 0 Å². The van der Waals surface area contributed by atoms with Crippen molar-refractivity contribution in [3.63, 3.8) is 0 Å². The normalized spacial score (nSPS) is 19.6. The fraction of sp³-hybridized carbons (Fsp3) is 0.462. The fourth-order valence-electron chi connectivity index (χ4n) is 2.22. The summed E-state index contributed by atoms with van der Waals surface area (Å²) in [5, 5.41) is 13.3. The van der Waals surface area contributed by atoms with Gasteiger partial charge in [0.2, 0.25) is 5.91 Å². The molecule has 0 fully saturated rings. The lowest BCUT2D eigenvalue weighted by Gasteiger charge is -2.16. The van der Waals surface area contributed by atoms with Crippen molar-refractivity contribution in [3.05, 3.63) is 27.8 Å². The van der Waals surface area contributed by atoms with Crippen LogP contribution in [0.4, 0.5) is 5.69 Å². The monoisotopic (exact) mass is 269 g/mol. The highest BCUT2D eigenvalue weighted by Crippen LogP contribution is 2.41. The molecule has 1 aromatic rings. The summed E-state index contributed by atoms with van der Waals surface area (Å²) in [6.07, 6.45) is -0.783. The van der Waals surface area contributed by atoms with Gasteiger partial charge in [-0.3, -0.25) is 4.79 Å². The van der Waals surface area contributed by atoms with Crippen LogP contribution in [0, 0.1) is 6.92 Å².